The molecule has 2 N–H and O–H groups in total. The molecule has 2 aromatic rings. The summed E-state index contributed by atoms with van der Waals surface area (Å²) in [6.07, 6.45) is 0. The number of nitrogens with zero attached hydrogens (tertiary/aromatic N) is 1. The molecular formula is C14H14BrFN2O2S. The first-order chi connectivity index (χ1) is 9.82. The highest BCUT2D eigenvalue weighted by Gasteiger charge is 2.24. The van der Waals surface area contributed by atoms with Gasteiger partial charge in [0, 0.05) is 18.1 Å². The van der Waals surface area contributed by atoms with E-state index in [4.69, 9.17) is 5.73 Å². The standard InChI is InChI=1S/C14H14BrFN2O2S/c1-18(9-10-4-2-5-11(15)8-10)21(19,20)13-7-3-6-12(16)14(13)17/h2-8H,9,17H2,1H3. The zero-order chi connectivity index (χ0) is 15.6. The number of hydrogen-bond donors (Lipinski definition) is 1. The SMILES string of the molecule is CN(Cc1cccc(Br)c1)S(=O)(=O)c1cccc(F)c1N. The second-order valence-electron chi connectivity index (χ2n) is 4.54. The van der Waals surface area contributed by atoms with Gasteiger partial charge in [0.15, 0.2) is 0 Å². The van der Waals surface area contributed by atoms with Gasteiger partial charge in [-0.25, -0.2) is 12.8 Å². The van der Waals surface area contributed by atoms with E-state index in [9.17, 15) is 12.8 Å². The first kappa shape index (κ1) is 15.9. The maximum absolute atomic E-state index is 13.4. The Hall–Kier alpha value is -1.44. The van der Waals surface area contributed by atoms with Gasteiger partial charge in [-0.05, 0) is 29.8 Å². The van der Waals surface area contributed by atoms with Crippen molar-refractivity contribution in [3.8, 4) is 0 Å². The highest BCUT2D eigenvalue weighted by atomic mass is 79.9. The lowest BCUT2D eigenvalue weighted by atomic mass is 10.2. The smallest absolute Gasteiger partial charge is 0.245 e. The molecule has 0 unspecified atom stereocenters. The third-order valence-electron chi connectivity index (χ3n) is 3.00. The highest BCUT2D eigenvalue weighted by molar-refractivity contribution is 9.10. The largest absolute Gasteiger partial charge is 0.395 e. The normalized spacial score (nSPS) is 11.8. The van der Waals surface area contributed by atoms with E-state index in [0.717, 1.165) is 20.4 Å². The molecule has 2 rings (SSSR count). The molecule has 0 aliphatic carbocycles. The molecule has 4 nitrogen and oxygen atoms in total. The predicted molar refractivity (Wildman–Crippen MR) is 83.6 cm³/mol. The summed E-state index contributed by atoms with van der Waals surface area (Å²) in [6.45, 7) is 0.164. The van der Waals surface area contributed by atoms with Crippen LogP contribution in [0, 0.1) is 5.82 Å². The minimum absolute atomic E-state index is 0.164. The molecule has 0 radical (unpaired) electrons. The molecule has 0 aromatic heterocycles. The van der Waals surface area contributed by atoms with Gasteiger partial charge in [0.2, 0.25) is 10.0 Å². The third kappa shape index (κ3) is 3.42. The Morgan fingerprint density at radius 1 is 1.24 bits per heavy atom. The Morgan fingerprint density at radius 3 is 2.57 bits per heavy atom. The number of nitrogen functional groups attached to an aromatic ring is 1. The van der Waals surface area contributed by atoms with Crippen LogP contribution < -0.4 is 5.73 Å². The molecule has 0 bridgehead atoms. The predicted octanol–water partition coefficient (Wildman–Crippen LogP) is 2.99. The van der Waals surface area contributed by atoms with Crippen LogP contribution >= 0.6 is 15.9 Å². The molecule has 0 saturated heterocycles. The molecule has 0 atom stereocenters. The number of para-hydroxylation sites is 1. The third-order valence-corrected chi connectivity index (χ3v) is 5.35. The summed E-state index contributed by atoms with van der Waals surface area (Å²) in [6, 6.07) is 11.0. The molecule has 7 heteroatoms. The van der Waals surface area contributed by atoms with Crippen molar-refractivity contribution in [2.75, 3.05) is 12.8 Å². The van der Waals surface area contributed by atoms with Gasteiger partial charge in [-0.15, -0.1) is 0 Å². The number of hydrogen-bond acceptors (Lipinski definition) is 3. The van der Waals surface area contributed by atoms with Crippen LogP contribution in [0.5, 0.6) is 0 Å². The summed E-state index contributed by atoms with van der Waals surface area (Å²) in [5, 5.41) is 0. The van der Waals surface area contributed by atoms with E-state index in [1.807, 2.05) is 24.3 Å². The Morgan fingerprint density at radius 2 is 1.90 bits per heavy atom. The van der Waals surface area contributed by atoms with Crippen LogP contribution in [0.15, 0.2) is 51.8 Å². The van der Waals surface area contributed by atoms with Crippen LogP contribution in [0.1, 0.15) is 5.56 Å². The molecule has 0 saturated carbocycles. The first-order valence-corrected chi connectivity index (χ1v) is 8.30. The number of anilines is 1. The van der Waals surface area contributed by atoms with Crippen LogP contribution in [0.25, 0.3) is 0 Å². The van der Waals surface area contributed by atoms with Crippen LogP contribution in [0.3, 0.4) is 0 Å². The fraction of sp³-hybridized carbons (Fsp3) is 0.143. The zero-order valence-electron chi connectivity index (χ0n) is 11.3. The van der Waals surface area contributed by atoms with E-state index < -0.39 is 15.8 Å². The monoisotopic (exact) mass is 372 g/mol. The van der Waals surface area contributed by atoms with E-state index in [1.54, 1.807) is 0 Å². The first-order valence-electron chi connectivity index (χ1n) is 6.07. The van der Waals surface area contributed by atoms with Gasteiger partial charge in [0.1, 0.15) is 10.7 Å². The highest BCUT2D eigenvalue weighted by Crippen LogP contribution is 2.25. The van der Waals surface area contributed by atoms with Crippen molar-refractivity contribution in [3.05, 3.63) is 58.3 Å². The average molecular weight is 373 g/mol. The van der Waals surface area contributed by atoms with E-state index in [1.165, 1.54) is 19.2 Å². The van der Waals surface area contributed by atoms with E-state index in [0.29, 0.717) is 0 Å². The average Bonchev–Trinajstić information content (AvgIpc) is 2.41. The fourth-order valence-electron chi connectivity index (χ4n) is 1.89. The zero-order valence-corrected chi connectivity index (χ0v) is 13.7. The van der Waals surface area contributed by atoms with E-state index in [2.05, 4.69) is 15.9 Å². The van der Waals surface area contributed by atoms with Gasteiger partial charge in [0.25, 0.3) is 0 Å². The summed E-state index contributed by atoms with van der Waals surface area (Å²) in [5.41, 5.74) is 5.98. The van der Waals surface area contributed by atoms with Crippen LogP contribution in [-0.4, -0.2) is 19.8 Å². The van der Waals surface area contributed by atoms with Crippen LogP contribution in [-0.2, 0) is 16.6 Å². The van der Waals surface area contributed by atoms with E-state index >= 15 is 0 Å². The molecule has 0 heterocycles. The Kier molecular flexibility index (Phi) is 4.65. The molecule has 0 aliphatic rings. The molecule has 21 heavy (non-hydrogen) atoms. The van der Waals surface area contributed by atoms with Crippen molar-refractivity contribution >= 4 is 31.6 Å². The van der Waals surface area contributed by atoms with Crippen molar-refractivity contribution in [2.24, 2.45) is 0 Å². The molecule has 0 amide bonds. The van der Waals surface area contributed by atoms with Gasteiger partial charge < -0.3 is 5.73 Å². The molecule has 0 fully saturated rings. The lowest BCUT2D eigenvalue weighted by Gasteiger charge is -2.18. The van der Waals surface area contributed by atoms with Gasteiger partial charge in [0.05, 0.1) is 5.69 Å². The van der Waals surface area contributed by atoms with Crippen molar-refractivity contribution < 1.29 is 12.8 Å². The second-order valence-corrected chi connectivity index (χ2v) is 7.47. The van der Waals surface area contributed by atoms with Crippen LogP contribution in [0.2, 0.25) is 0 Å². The minimum atomic E-state index is -3.85. The Bertz CT molecular complexity index is 765. The van der Waals surface area contributed by atoms with Crippen molar-refractivity contribution in [3.63, 3.8) is 0 Å². The maximum atomic E-state index is 13.4. The minimum Gasteiger partial charge on any atom is -0.395 e. The second kappa shape index (κ2) is 6.13. The van der Waals surface area contributed by atoms with Gasteiger partial charge in [-0.2, -0.15) is 4.31 Å². The summed E-state index contributed by atoms with van der Waals surface area (Å²) < 4.78 is 40.4. The topological polar surface area (TPSA) is 63.4 Å². The number of nitrogens with two attached hydrogens (primary N) is 1. The summed E-state index contributed by atoms with van der Waals surface area (Å²) in [4.78, 5) is -0.222. The lowest BCUT2D eigenvalue weighted by Crippen LogP contribution is -2.27. The maximum Gasteiger partial charge on any atom is 0.245 e. The lowest BCUT2D eigenvalue weighted by molar-refractivity contribution is 0.466. The van der Waals surface area contributed by atoms with Crippen molar-refractivity contribution in [1.29, 1.82) is 0 Å². The Labute approximate surface area is 131 Å². The van der Waals surface area contributed by atoms with Crippen molar-refractivity contribution in [1.82, 2.24) is 4.31 Å². The molecular weight excluding hydrogens is 359 g/mol. The van der Waals surface area contributed by atoms with E-state index in [-0.39, 0.29) is 17.1 Å². The number of rotatable bonds is 4. The summed E-state index contributed by atoms with van der Waals surface area (Å²) >= 11 is 3.33. The molecule has 112 valence electrons. The molecule has 0 aliphatic heterocycles. The van der Waals surface area contributed by atoms with Gasteiger partial charge >= 0.3 is 0 Å². The fourth-order valence-corrected chi connectivity index (χ4v) is 3.61. The Balaban J connectivity index is 2.33. The molecule has 2 aromatic carbocycles. The number of sulfonamides is 1. The van der Waals surface area contributed by atoms with Crippen LogP contribution in [0.4, 0.5) is 10.1 Å². The molecule has 0 spiro atoms. The number of halogens is 2. The summed E-state index contributed by atoms with van der Waals surface area (Å²) in [5.74, 6) is -0.744. The quantitative estimate of drug-likeness (QED) is 0.839. The van der Waals surface area contributed by atoms with Gasteiger partial charge in [-0.3, -0.25) is 0 Å². The number of benzene rings is 2. The van der Waals surface area contributed by atoms with Gasteiger partial charge in [-0.1, -0.05) is 34.1 Å². The van der Waals surface area contributed by atoms with Crippen molar-refractivity contribution in [2.45, 2.75) is 11.4 Å². The summed E-state index contributed by atoms with van der Waals surface area (Å²) in [7, 11) is -2.42.